The number of aromatic hydroxyl groups is 1. The Morgan fingerprint density at radius 2 is 1.81 bits per heavy atom. The minimum atomic E-state index is -2.65. The van der Waals surface area contributed by atoms with E-state index in [-0.39, 0.29) is 29.7 Å². The van der Waals surface area contributed by atoms with E-state index in [2.05, 4.69) is 17.0 Å². The van der Waals surface area contributed by atoms with Crippen LogP contribution >= 0.6 is 0 Å². The molecular weight excluding hydrogens is 538 g/mol. The minimum Gasteiger partial charge on any atom is -0.508 e. The van der Waals surface area contributed by atoms with Crippen LogP contribution in [0, 0.1) is 11.8 Å². The molecule has 2 fully saturated rings. The number of hydrogen-bond donors (Lipinski definition) is 5. The van der Waals surface area contributed by atoms with Gasteiger partial charge in [0.15, 0.2) is 11.4 Å². The second kappa shape index (κ2) is 10.1. The number of primary amides is 1. The van der Waals surface area contributed by atoms with Crippen LogP contribution in [0.3, 0.4) is 0 Å². The zero-order chi connectivity index (χ0) is 30.1. The van der Waals surface area contributed by atoms with Gasteiger partial charge in [0.1, 0.15) is 22.8 Å². The van der Waals surface area contributed by atoms with Crippen LogP contribution in [-0.2, 0) is 27.3 Å². The van der Waals surface area contributed by atoms with Crippen LogP contribution in [-0.4, -0.2) is 86.5 Å². The summed E-state index contributed by atoms with van der Waals surface area (Å²) in [4.78, 5) is 43.4. The number of carbonyl (C=O) groups is 3. The van der Waals surface area contributed by atoms with Crippen LogP contribution < -0.4 is 5.73 Å². The van der Waals surface area contributed by atoms with E-state index in [0.717, 1.165) is 36.3 Å². The Morgan fingerprint density at radius 1 is 1.10 bits per heavy atom. The van der Waals surface area contributed by atoms with Gasteiger partial charge in [-0.25, -0.2) is 0 Å². The van der Waals surface area contributed by atoms with Gasteiger partial charge in [-0.05, 0) is 93.2 Å². The van der Waals surface area contributed by atoms with E-state index in [1.165, 1.54) is 23.8 Å². The molecule has 0 bridgehead atoms. The number of phenols is 1. The molecule has 10 heteroatoms. The number of benzene rings is 2. The first-order valence-electron chi connectivity index (χ1n) is 14.3. The van der Waals surface area contributed by atoms with E-state index in [0.29, 0.717) is 5.56 Å². The summed E-state index contributed by atoms with van der Waals surface area (Å²) in [6, 6.07) is 10.3. The number of carbonyl (C=O) groups excluding carboxylic acids is 3. The Labute approximate surface area is 243 Å². The van der Waals surface area contributed by atoms with Gasteiger partial charge in [-0.1, -0.05) is 24.3 Å². The molecule has 6 N–H and O–H groups in total. The molecule has 2 aromatic carbocycles. The third kappa shape index (κ3) is 4.08. The number of aliphatic hydroxyl groups is 3. The molecule has 0 aromatic heterocycles. The second-order valence-electron chi connectivity index (χ2n) is 12.1. The summed E-state index contributed by atoms with van der Waals surface area (Å²) < 4.78 is 0. The van der Waals surface area contributed by atoms with Gasteiger partial charge in [0.05, 0.1) is 11.6 Å². The number of phenolic OH excluding ortho intramolecular Hbond substituents is 1. The van der Waals surface area contributed by atoms with Crippen molar-refractivity contribution in [1.82, 2.24) is 9.80 Å². The van der Waals surface area contributed by atoms with Gasteiger partial charge in [0, 0.05) is 18.0 Å². The molecule has 1 aliphatic heterocycles. The summed E-state index contributed by atoms with van der Waals surface area (Å²) in [6.45, 7) is 2.95. The lowest BCUT2D eigenvalue weighted by atomic mass is 9.57. The van der Waals surface area contributed by atoms with E-state index >= 15 is 0 Å². The highest BCUT2D eigenvalue weighted by Gasteiger charge is 2.64. The number of ketones is 2. The lowest BCUT2D eigenvalue weighted by molar-refractivity contribution is -0.153. The van der Waals surface area contributed by atoms with E-state index in [1.54, 1.807) is 20.2 Å². The van der Waals surface area contributed by atoms with E-state index in [1.807, 2.05) is 12.1 Å². The van der Waals surface area contributed by atoms with Gasteiger partial charge in [-0.3, -0.25) is 24.2 Å². The number of nitrogens with two attached hydrogens (primary N) is 1. The minimum absolute atomic E-state index is 0.0514. The summed E-state index contributed by atoms with van der Waals surface area (Å²) in [5, 5.41) is 45.2. The van der Waals surface area contributed by atoms with Gasteiger partial charge in [-0.2, -0.15) is 0 Å². The van der Waals surface area contributed by atoms with Crippen LogP contribution in [0.5, 0.6) is 5.75 Å². The van der Waals surface area contributed by atoms with Crippen molar-refractivity contribution in [2.75, 3.05) is 27.2 Å². The van der Waals surface area contributed by atoms with E-state index in [9.17, 15) is 34.8 Å². The zero-order valence-corrected chi connectivity index (χ0v) is 23.6. The molecular formula is C32H35N3O7. The molecule has 2 aromatic rings. The van der Waals surface area contributed by atoms with Crippen molar-refractivity contribution in [3.05, 3.63) is 70.0 Å². The van der Waals surface area contributed by atoms with Crippen molar-refractivity contribution in [2.45, 2.75) is 43.9 Å². The predicted molar refractivity (Wildman–Crippen MR) is 154 cm³/mol. The predicted octanol–water partition coefficient (Wildman–Crippen LogP) is 2.23. The molecule has 0 spiro atoms. The summed E-state index contributed by atoms with van der Waals surface area (Å²) >= 11 is 0. The number of hydrogen-bond acceptors (Lipinski definition) is 9. The maximum atomic E-state index is 14.0. The molecule has 1 saturated carbocycles. The third-order valence-electron chi connectivity index (χ3n) is 9.45. The van der Waals surface area contributed by atoms with E-state index < -0.39 is 58.0 Å². The van der Waals surface area contributed by atoms with Crippen LogP contribution in [0.15, 0.2) is 53.3 Å². The molecule has 10 nitrogen and oxygen atoms in total. The molecule has 6 rings (SSSR count). The molecule has 3 aliphatic carbocycles. The molecule has 4 aliphatic rings. The number of aliphatic hydroxyl groups excluding tert-OH is 2. The summed E-state index contributed by atoms with van der Waals surface area (Å²) in [6.07, 6.45) is 2.67. The van der Waals surface area contributed by atoms with Crippen molar-refractivity contribution in [3.8, 4) is 16.9 Å². The molecule has 4 atom stereocenters. The van der Waals surface area contributed by atoms with Gasteiger partial charge in [0.25, 0.3) is 5.91 Å². The first-order chi connectivity index (χ1) is 19.9. The molecule has 1 saturated heterocycles. The highest BCUT2D eigenvalue weighted by atomic mass is 16.3. The average molecular weight is 574 g/mol. The standard InChI is InChI=1S/C32H35N3O7/c1-34(2)26-21-14-18-13-20-19(17-7-5-6-16(12-17)15-35-10-3-4-11-35)8-9-22(36)24(20)27(37)23(18)29(39)32(21,42)30(40)25(28(26)38)31(33)41/h5-9,12,18,21,26,36-37,40,42H,3-4,10-11,13-15H2,1-2H3,(H2,33,41)/t18-,21-,26-,32-/m0/s1. The van der Waals surface area contributed by atoms with Gasteiger partial charge in [-0.15, -0.1) is 0 Å². The van der Waals surface area contributed by atoms with Crippen LogP contribution in [0.4, 0.5) is 0 Å². The number of fused-ring (bicyclic) bond motifs is 3. The number of likely N-dealkylation sites (tertiary alicyclic amines) is 1. The van der Waals surface area contributed by atoms with Gasteiger partial charge >= 0.3 is 0 Å². The number of nitrogens with zero attached hydrogens (tertiary/aromatic N) is 2. The first-order valence-corrected chi connectivity index (χ1v) is 14.3. The summed E-state index contributed by atoms with van der Waals surface area (Å²) in [7, 11) is 3.16. The highest BCUT2D eigenvalue weighted by Crippen LogP contribution is 2.53. The summed E-state index contributed by atoms with van der Waals surface area (Å²) in [5.74, 6) is -6.58. The normalized spacial score (nSPS) is 27.8. The number of amides is 1. The summed E-state index contributed by atoms with van der Waals surface area (Å²) in [5.41, 5.74) is 5.36. The molecule has 42 heavy (non-hydrogen) atoms. The fourth-order valence-corrected chi connectivity index (χ4v) is 7.55. The van der Waals surface area contributed by atoms with Crippen LogP contribution in [0.2, 0.25) is 0 Å². The molecule has 1 heterocycles. The Kier molecular flexibility index (Phi) is 6.75. The largest absolute Gasteiger partial charge is 0.508 e. The zero-order valence-electron chi connectivity index (χ0n) is 23.6. The fourth-order valence-electron chi connectivity index (χ4n) is 7.55. The fraction of sp³-hybridized carbons (Fsp3) is 0.406. The maximum Gasteiger partial charge on any atom is 0.255 e. The maximum absolute atomic E-state index is 14.0. The van der Waals surface area contributed by atoms with Crippen molar-refractivity contribution in [1.29, 1.82) is 0 Å². The van der Waals surface area contributed by atoms with Gasteiger partial charge in [0.2, 0.25) is 5.78 Å². The van der Waals surface area contributed by atoms with Crippen molar-refractivity contribution in [3.63, 3.8) is 0 Å². The van der Waals surface area contributed by atoms with Crippen molar-refractivity contribution >= 4 is 23.2 Å². The van der Waals surface area contributed by atoms with Crippen LogP contribution in [0.25, 0.3) is 16.9 Å². The Bertz CT molecular complexity index is 1590. The average Bonchev–Trinajstić information content (AvgIpc) is 3.43. The van der Waals surface area contributed by atoms with Crippen molar-refractivity contribution in [2.24, 2.45) is 17.6 Å². The monoisotopic (exact) mass is 573 g/mol. The lowest BCUT2D eigenvalue weighted by Crippen LogP contribution is -2.65. The number of likely N-dealkylation sites (N-methyl/N-ethyl adjacent to an activating group) is 1. The Morgan fingerprint density at radius 3 is 2.48 bits per heavy atom. The second-order valence-corrected chi connectivity index (χ2v) is 12.1. The quantitative estimate of drug-likeness (QED) is 0.337. The molecule has 220 valence electrons. The molecule has 1 amide bonds. The van der Waals surface area contributed by atoms with Gasteiger partial charge < -0.3 is 26.2 Å². The Balaban J connectivity index is 1.48. The third-order valence-corrected chi connectivity index (χ3v) is 9.45. The lowest BCUT2D eigenvalue weighted by Gasteiger charge is -2.50. The van der Waals surface area contributed by atoms with E-state index in [4.69, 9.17) is 5.73 Å². The molecule has 0 radical (unpaired) electrons. The number of rotatable bonds is 5. The SMILES string of the molecule is CN(C)[C@@H]1C(=O)C(C(N)=O)=C(O)[C@@]2(O)C(=O)C3=C(O)c4c(O)ccc(-c5cccc(CN6CCCC6)c5)c4C[C@H]3C[C@@H]12. The Hall–Kier alpha value is -3.99. The highest BCUT2D eigenvalue weighted by molar-refractivity contribution is 6.24. The number of Topliss-reactive ketones (excluding diaryl/α,β-unsaturated/α-hetero) is 2. The smallest absolute Gasteiger partial charge is 0.255 e. The van der Waals surface area contributed by atoms with Crippen molar-refractivity contribution < 1.29 is 34.8 Å². The first kappa shape index (κ1) is 28.1. The topological polar surface area (TPSA) is 165 Å². The van der Waals surface area contributed by atoms with Crippen LogP contribution in [0.1, 0.15) is 36.0 Å². The molecule has 0 unspecified atom stereocenters.